The van der Waals surface area contributed by atoms with Gasteiger partial charge in [0.25, 0.3) is 0 Å². The lowest BCUT2D eigenvalue weighted by molar-refractivity contribution is -0.617. The van der Waals surface area contributed by atoms with Gasteiger partial charge in [-0.05, 0) is 30.3 Å². The van der Waals surface area contributed by atoms with Gasteiger partial charge in [0.05, 0.1) is 11.4 Å². The summed E-state index contributed by atoms with van der Waals surface area (Å²) in [5.74, 6) is 10.9. The molecule has 3 rings (SSSR count). The van der Waals surface area contributed by atoms with Crippen molar-refractivity contribution in [2.45, 2.75) is 0 Å². The van der Waals surface area contributed by atoms with Gasteiger partial charge in [-0.25, -0.2) is 0 Å². The molecule has 2 aromatic carbocycles. The summed E-state index contributed by atoms with van der Waals surface area (Å²) in [5.41, 5.74) is 9.33. The SMILES string of the molecule is C[n+]1c2cc(NN)ccc2cc2ccc(NN)cc21. The summed E-state index contributed by atoms with van der Waals surface area (Å²) in [6.07, 6.45) is 0. The van der Waals surface area contributed by atoms with Gasteiger partial charge in [0.1, 0.15) is 7.05 Å². The molecule has 0 aliphatic rings. The Hall–Kier alpha value is -2.37. The van der Waals surface area contributed by atoms with Gasteiger partial charge in [0.15, 0.2) is 0 Å². The Kier molecular flexibility index (Phi) is 2.70. The topological polar surface area (TPSA) is 80.0 Å². The molecule has 1 aromatic heterocycles. The number of fused-ring (bicyclic) bond motifs is 2. The lowest BCUT2D eigenvalue weighted by atomic mass is 10.1. The highest BCUT2D eigenvalue weighted by Gasteiger charge is 2.12. The normalized spacial score (nSPS) is 10.9. The molecule has 5 heteroatoms. The number of nitrogens with zero attached hydrogens (tertiary/aromatic N) is 1. The van der Waals surface area contributed by atoms with E-state index in [9.17, 15) is 0 Å². The third-order valence-electron chi connectivity index (χ3n) is 3.43. The standard InChI is InChI=1S/C14H15N5/c1-19-13-7-11(17-15)4-2-9(13)6-10-3-5-12(18-16)8-14(10)19/h2-8H,15-16H2,1H3,(H,17,18)/p+1. The van der Waals surface area contributed by atoms with Crippen molar-refractivity contribution in [3.63, 3.8) is 0 Å². The number of nitrogen functional groups attached to an aromatic ring is 2. The van der Waals surface area contributed by atoms with E-state index in [1.165, 1.54) is 10.8 Å². The zero-order chi connectivity index (χ0) is 13.4. The van der Waals surface area contributed by atoms with E-state index in [0.29, 0.717) is 0 Å². The minimum absolute atomic E-state index is 0.885. The van der Waals surface area contributed by atoms with Crippen molar-refractivity contribution in [1.29, 1.82) is 0 Å². The first-order chi connectivity index (χ1) is 9.22. The van der Waals surface area contributed by atoms with Crippen LogP contribution < -0.4 is 27.1 Å². The van der Waals surface area contributed by atoms with Crippen molar-refractivity contribution >= 4 is 33.2 Å². The summed E-state index contributed by atoms with van der Waals surface area (Å²) >= 11 is 0. The highest BCUT2D eigenvalue weighted by molar-refractivity contribution is 5.91. The summed E-state index contributed by atoms with van der Waals surface area (Å²) in [6, 6.07) is 14.2. The highest BCUT2D eigenvalue weighted by atomic mass is 15.2. The van der Waals surface area contributed by atoms with Gasteiger partial charge in [0, 0.05) is 22.9 Å². The molecule has 3 aromatic rings. The number of aromatic nitrogens is 1. The van der Waals surface area contributed by atoms with Crippen molar-refractivity contribution < 1.29 is 4.57 Å². The van der Waals surface area contributed by atoms with E-state index in [1.54, 1.807) is 0 Å². The summed E-state index contributed by atoms with van der Waals surface area (Å²) < 4.78 is 2.13. The first-order valence-corrected chi connectivity index (χ1v) is 6.03. The zero-order valence-electron chi connectivity index (χ0n) is 10.6. The number of pyridine rings is 1. The number of hydrogen-bond acceptors (Lipinski definition) is 4. The van der Waals surface area contributed by atoms with E-state index in [4.69, 9.17) is 11.7 Å². The summed E-state index contributed by atoms with van der Waals surface area (Å²) in [7, 11) is 2.03. The number of aryl methyl sites for hydroxylation is 1. The van der Waals surface area contributed by atoms with E-state index in [-0.39, 0.29) is 0 Å². The van der Waals surface area contributed by atoms with Crippen LogP contribution >= 0.6 is 0 Å². The number of rotatable bonds is 2. The summed E-state index contributed by atoms with van der Waals surface area (Å²) in [4.78, 5) is 0. The maximum atomic E-state index is 5.46. The second kappa shape index (κ2) is 4.38. The third kappa shape index (κ3) is 1.85. The first kappa shape index (κ1) is 11.7. The molecule has 0 bridgehead atoms. The van der Waals surface area contributed by atoms with Crippen molar-refractivity contribution in [2.24, 2.45) is 18.7 Å². The Balaban J connectivity index is 2.39. The maximum absolute atomic E-state index is 5.46. The van der Waals surface area contributed by atoms with Gasteiger partial charge in [-0.1, -0.05) is 0 Å². The Bertz CT molecular complexity index is 704. The average Bonchev–Trinajstić information content (AvgIpc) is 2.47. The Labute approximate surface area is 110 Å². The van der Waals surface area contributed by atoms with Crippen molar-refractivity contribution in [2.75, 3.05) is 10.9 Å². The van der Waals surface area contributed by atoms with E-state index in [1.807, 2.05) is 31.3 Å². The van der Waals surface area contributed by atoms with Crippen LogP contribution in [0.5, 0.6) is 0 Å². The molecule has 0 amide bonds. The number of benzene rings is 2. The van der Waals surface area contributed by atoms with Gasteiger partial charge in [-0.2, -0.15) is 4.57 Å². The minimum atomic E-state index is 0.885. The van der Waals surface area contributed by atoms with Crippen LogP contribution in [0.15, 0.2) is 42.5 Å². The number of nitrogens with two attached hydrogens (primary N) is 2. The monoisotopic (exact) mass is 254 g/mol. The highest BCUT2D eigenvalue weighted by Crippen LogP contribution is 2.22. The fourth-order valence-electron chi connectivity index (χ4n) is 2.39. The fraction of sp³-hybridized carbons (Fsp3) is 0.0714. The van der Waals surface area contributed by atoms with E-state index in [2.05, 4.69) is 33.6 Å². The maximum Gasteiger partial charge on any atom is 0.214 e. The number of nitrogens with one attached hydrogen (secondary N) is 2. The van der Waals surface area contributed by atoms with Crippen LogP contribution in [0.3, 0.4) is 0 Å². The molecule has 19 heavy (non-hydrogen) atoms. The molecular formula is C14H16N5+. The molecule has 1 heterocycles. The molecule has 96 valence electrons. The smallest absolute Gasteiger partial charge is 0.214 e. The third-order valence-corrected chi connectivity index (χ3v) is 3.43. The average molecular weight is 254 g/mol. The fourth-order valence-corrected chi connectivity index (χ4v) is 2.39. The molecule has 0 unspecified atom stereocenters. The van der Waals surface area contributed by atoms with Gasteiger partial charge in [-0.3, -0.25) is 11.7 Å². The van der Waals surface area contributed by atoms with Crippen LogP contribution in [0.2, 0.25) is 0 Å². The first-order valence-electron chi connectivity index (χ1n) is 6.03. The Morgan fingerprint density at radius 1 is 0.789 bits per heavy atom. The van der Waals surface area contributed by atoms with Crippen LogP contribution in [0.25, 0.3) is 21.8 Å². The molecule has 0 saturated carbocycles. The number of anilines is 2. The molecule has 6 N–H and O–H groups in total. The van der Waals surface area contributed by atoms with Crippen LogP contribution in [-0.2, 0) is 7.05 Å². The molecule has 0 radical (unpaired) electrons. The molecule has 0 saturated heterocycles. The van der Waals surface area contributed by atoms with Crippen LogP contribution in [0, 0.1) is 0 Å². The molecular weight excluding hydrogens is 238 g/mol. The quantitative estimate of drug-likeness (QED) is 0.241. The number of hydrogen-bond donors (Lipinski definition) is 4. The molecule has 0 aliphatic heterocycles. The zero-order valence-corrected chi connectivity index (χ0v) is 10.6. The Morgan fingerprint density at radius 2 is 1.26 bits per heavy atom. The van der Waals surface area contributed by atoms with E-state index in [0.717, 1.165) is 22.4 Å². The molecule has 5 nitrogen and oxygen atoms in total. The van der Waals surface area contributed by atoms with Gasteiger partial charge in [0.2, 0.25) is 11.0 Å². The molecule has 0 aliphatic carbocycles. The predicted molar refractivity (Wildman–Crippen MR) is 78.3 cm³/mol. The van der Waals surface area contributed by atoms with Crippen molar-refractivity contribution in [1.82, 2.24) is 0 Å². The van der Waals surface area contributed by atoms with E-state index >= 15 is 0 Å². The predicted octanol–water partition coefficient (Wildman–Crippen LogP) is 1.39. The van der Waals surface area contributed by atoms with Crippen LogP contribution in [-0.4, -0.2) is 0 Å². The molecule has 0 spiro atoms. The second-order valence-corrected chi connectivity index (χ2v) is 4.54. The molecule has 0 atom stereocenters. The van der Waals surface area contributed by atoms with Gasteiger partial charge >= 0.3 is 0 Å². The van der Waals surface area contributed by atoms with E-state index < -0.39 is 0 Å². The number of hydrazine groups is 2. The van der Waals surface area contributed by atoms with Gasteiger partial charge in [-0.15, -0.1) is 0 Å². The largest absolute Gasteiger partial charge is 0.324 e. The summed E-state index contributed by atoms with van der Waals surface area (Å²) in [6.45, 7) is 0. The van der Waals surface area contributed by atoms with Crippen LogP contribution in [0.1, 0.15) is 0 Å². The lowest BCUT2D eigenvalue weighted by Gasteiger charge is -2.06. The minimum Gasteiger partial charge on any atom is -0.324 e. The van der Waals surface area contributed by atoms with Crippen LogP contribution in [0.4, 0.5) is 11.4 Å². The molecule has 0 fully saturated rings. The second-order valence-electron chi connectivity index (χ2n) is 4.54. The van der Waals surface area contributed by atoms with Gasteiger partial charge < -0.3 is 10.9 Å². The van der Waals surface area contributed by atoms with Crippen molar-refractivity contribution in [3.8, 4) is 0 Å². The summed E-state index contributed by atoms with van der Waals surface area (Å²) in [5, 5.41) is 2.34. The van der Waals surface area contributed by atoms with Crippen molar-refractivity contribution in [3.05, 3.63) is 42.5 Å². The lowest BCUT2D eigenvalue weighted by Crippen LogP contribution is -2.30. The Morgan fingerprint density at radius 3 is 1.68 bits per heavy atom.